The Morgan fingerprint density at radius 2 is 1.88 bits per heavy atom. The number of carbonyl (C=O) groups excluding carboxylic acids is 1. The number of hydrogen-bond acceptors (Lipinski definition) is 2. The minimum absolute atomic E-state index is 0. The van der Waals surface area contributed by atoms with Crippen LogP contribution in [-0.2, 0) is 9.53 Å². The molecule has 4 heteroatoms. The maximum atomic E-state index is 10.8. The van der Waals surface area contributed by atoms with Crippen molar-refractivity contribution >= 4 is 5.97 Å². The van der Waals surface area contributed by atoms with Crippen molar-refractivity contribution in [2.45, 2.75) is 32.6 Å². The van der Waals surface area contributed by atoms with Gasteiger partial charge in [0.2, 0.25) is 0 Å². The first-order chi connectivity index (χ1) is 7.52. The number of halogens is 1. The number of ether oxygens (including phenoxy) is 1. The maximum Gasteiger partial charge on any atom is 0.330 e. The van der Waals surface area contributed by atoms with Crippen molar-refractivity contribution in [3.63, 3.8) is 0 Å². The van der Waals surface area contributed by atoms with Gasteiger partial charge in [-0.25, -0.2) is 4.79 Å². The summed E-state index contributed by atoms with van der Waals surface area (Å²) in [4.78, 5) is 10.8. The van der Waals surface area contributed by atoms with Gasteiger partial charge in [0.05, 0.1) is 20.6 Å². The number of rotatable bonds is 9. The van der Waals surface area contributed by atoms with Gasteiger partial charge < -0.3 is 26.2 Å². The quantitative estimate of drug-likeness (QED) is 0.246. The molecule has 0 aliphatic carbocycles. The van der Waals surface area contributed by atoms with E-state index in [1.165, 1.54) is 31.8 Å². The van der Waals surface area contributed by atoms with Crippen LogP contribution in [0.3, 0.4) is 0 Å². The van der Waals surface area contributed by atoms with E-state index in [2.05, 4.69) is 27.6 Å². The van der Waals surface area contributed by atoms with E-state index in [-0.39, 0.29) is 23.0 Å². The van der Waals surface area contributed by atoms with Crippen molar-refractivity contribution in [1.82, 2.24) is 0 Å². The fourth-order valence-electron chi connectivity index (χ4n) is 1.53. The summed E-state index contributed by atoms with van der Waals surface area (Å²) < 4.78 is 5.89. The predicted octanol–water partition coefficient (Wildman–Crippen LogP) is -0.624. The first-order valence-corrected chi connectivity index (χ1v) is 6.13. The van der Waals surface area contributed by atoms with E-state index in [9.17, 15) is 4.79 Å². The third kappa shape index (κ3) is 11.9. The standard InChI is InChI=1S/C13H26NO2.BrH/c1-5-7-8-9-10-14(3,4)11-12-16-13(15)6-2;/h6H,2,5,7-12H2,1,3-4H3;1H/q+1;/p-1. The lowest BCUT2D eigenvalue weighted by atomic mass is 10.2. The zero-order valence-electron chi connectivity index (χ0n) is 11.4. The van der Waals surface area contributed by atoms with Crippen LogP contribution < -0.4 is 17.0 Å². The molecule has 0 spiro atoms. The third-order valence-corrected chi connectivity index (χ3v) is 2.72. The summed E-state index contributed by atoms with van der Waals surface area (Å²) in [6.07, 6.45) is 6.33. The van der Waals surface area contributed by atoms with Crippen LogP contribution in [0.1, 0.15) is 32.6 Å². The fraction of sp³-hybridized carbons (Fsp3) is 0.769. The van der Waals surface area contributed by atoms with Gasteiger partial charge in [-0.15, -0.1) is 0 Å². The van der Waals surface area contributed by atoms with Gasteiger partial charge in [0.25, 0.3) is 0 Å². The molecule has 0 aliphatic rings. The molecule has 0 amide bonds. The largest absolute Gasteiger partial charge is 1.00 e. The Bertz CT molecular complexity index is 217. The molecule has 0 aliphatic heterocycles. The Labute approximate surface area is 116 Å². The summed E-state index contributed by atoms with van der Waals surface area (Å²) in [5.41, 5.74) is 0. The van der Waals surface area contributed by atoms with Crippen molar-refractivity contribution in [3.05, 3.63) is 12.7 Å². The number of quaternary nitrogens is 1. The van der Waals surface area contributed by atoms with E-state index in [4.69, 9.17) is 4.74 Å². The fourth-order valence-corrected chi connectivity index (χ4v) is 1.53. The van der Waals surface area contributed by atoms with Crippen LogP contribution in [-0.4, -0.2) is 44.2 Å². The molecule has 0 unspecified atom stereocenters. The van der Waals surface area contributed by atoms with Gasteiger partial charge in [0.1, 0.15) is 13.2 Å². The van der Waals surface area contributed by atoms with Gasteiger partial charge in [-0.3, -0.25) is 0 Å². The topological polar surface area (TPSA) is 26.3 Å². The average molecular weight is 308 g/mol. The molecule has 17 heavy (non-hydrogen) atoms. The molecule has 0 aromatic rings. The van der Waals surface area contributed by atoms with Crippen molar-refractivity contribution in [3.8, 4) is 0 Å². The van der Waals surface area contributed by atoms with Crippen molar-refractivity contribution in [2.24, 2.45) is 0 Å². The highest BCUT2D eigenvalue weighted by atomic mass is 79.9. The highest BCUT2D eigenvalue weighted by Crippen LogP contribution is 2.05. The molecular formula is C13H26BrNO2. The molecule has 0 heterocycles. The second-order valence-electron chi connectivity index (χ2n) is 4.82. The van der Waals surface area contributed by atoms with E-state index in [0.717, 1.165) is 17.6 Å². The summed E-state index contributed by atoms with van der Waals surface area (Å²) in [7, 11) is 4.35. The van der Waals surface area contributed by atoms with E-state index in [1.54, 1.807) is 0 Å². The SMILES string of the molecule is C=CC(=O)OCC[N+](C)(C)CCCCCC.[Br-]. The van der Waals surface area contributed by atoms with E-state index in [0.29, 0.717) is 6.61 Å². The molecule has 0 bridgehead atoms. The van der Waals surface area contributed by atoms with Gasteiger partial charge in [-0.1, -0.05) is 26.3 Å². The minimum Gasteiger partial charge on any atom is -1.00 e. The van der Waals surface area contributed by atoms with Crippen LogP contribution in [0, 0.1) is 0 Å². The van der Waals surface area contributed by atoms with Gasteiger partial charge in [0, 0.05) is 6.08 Å². The number of carbonyl (C=O) groups is 1. The van der Waals surface area contributed by atoms with E-state index in [1.807, 2.05) is 0 Å². The lowest BCUT2D eigenvalue weighted by Crippen LogP contribution is -3.00. The Hall–Kier alpha value is -0.350. The van der Waals surface area contributed by atoms with Gasteiger partial charge in [-0.2, -0.15) is 0 Å². The molecule has 0 aromatic carbocycles. The molecule has 0 saturated carbocycles. The van der Waals surface area contributed by atoms with Crippen LogP contribution in [0.25, 0.3) is 0 Å². The molecule has 0 atom stereocenters. The Morgan fingerprint density at radius 3 is 2.41 bits per heavy atom. The first kappa shape index (κ1) is 19.0. The first-order valence-electron chi connectivity index (χ1n) is 6.13. The third-order valence-electron chi connectivity index (χ3n) is 2.72. The highest BCUT2D eigenvalue weighted by Gasteiger charge is 2.14. The van der Waals surface area contributed by atoms with Crippen molar-refractivity contribution < 1.29 is 31.0 Å². The van der Waals surface area contributed by atoms with E-state index < -0.39 is 0 Å². The lowest BCUT2D eigenvalue weighted by Gasteiger charge is -2.29. The lowest BCUT2D eigenvalue weighted by molar-refractivity contribution is -0.890. The Morgan fingerprint density at radius 1 is 1.24 bits per heavy atom. The second-order valence-corrected chi connectivity index (χ2v) is 4.82. The number of hydrogen-bond donors (Lipinski definition) is 0. The summed E-state index contributed by atoms with van der Waals surface area (Å²) in [6, 6.07) is 0. The molecular weight excluding hydrogens is 282 g/mol. The van der Waals surface area contributed by atoms with Crippen LogP contribution >= 0.6 is 0 Å². The molecule has 0 saturated heterocycles. The highest BCUT2D eigenvalue weighted by molar-refractivity contribution is 5.81. The number of likely N-dealkylation sites (N-methyl/N-ethyl adjacent to an activating group) is 1. The molecule has 0 fully saturated rings. The molecule has 0 radical (unpaired) electrons. The second kappa shape index (κ2) is 10.8. The van der Waals surface area contributed by atoms with Gasteiger partial charge in [-0.05, 0) is 12.8 Å². The number of nitrogens with zero attached hydrogens (tertiary/aromatic N) is 1. The summed E-state index contributed by atoms with van der Waals surface area (Å²) >= 11 is 0. The summed E-state index contributed by atoms with van der Waals surface area (Å²) in [6.45, 7) is 8.07. The molecule has 102 valence electrons. The summed E-state index contributed by atoms with van der Waals surface area (Å²) in [5, 5.41) is 0. The number of unbranched alkanes of at least 4 members (excludes halogenated alkanes) is 3. The summed E-state index contributed by atoms with van der Waals surface area (Å²) in [5.74, 6) is -0.328. The Kier molecular flexibility index (Phi) is 12.1. The molecule has 0 rings (SSSR count). The van der Waals surface area contributed by atoms with Crippen molar-refractivity contribution in [2.75, 3.05) is 33.8 Å². The zero-order valence-corrected chi connectivity index (χ0v) is 13.0. The van der Waals surface area contributed by atoms with E-state index >= 15 is 0 Å². The zero-order chi connectivity index (χ0) is 12.4. The van der Waals surface area contributed by atoms with Crippen LogP contribution in [0.5, 0.6) is 0 Å². The van der Waals surface area contributed by atoms with Gasteiger partial charge in [0.15, 0.2) is 0 Å². The normalized spacial score (nSPS) is 10.5. The molecule has 3 nitrogen and oxygen atoms in total. The van der Waals surface area contributed by atoms with Gasteiger partial charge >= 0.3 is 5.97 Å². The predicted molar refractivity (Wildman–Crippen MR) is 67.1 cm³/mol. The Balaban J connectivity index is 0. The minimum atomic E-state index is -0.328. The van der Waals surface area contributed by atoms with Crippen LogP contribution in [0.4, 0.5) is 0 Å². The smallest absolute Gasteiger partial charge is 0.330 e. The molecule has 0 aromatic heterocycles. The van der Waals surface area contributed by atoms with Crippen LogP contribution in [0.2, 0.25) is 0 Å². The van der Waals surface area contributed by atoms with Crippen LogP contribution in [0.15, 0.2) is 12.7 Å². The molecule has 0 N–H and O–H groups in total. The average Bonchev–Trinajstić information content (AvgIpc) is 2.24. The monoisotopic (exact) mass is 307 g/mol. The number of esters is 1. The maximum absolute atomic E-state index is 10.8. The van der Waals surface area contributed by atoms with Crippen molar-refractivity contribution in [1.29, 1.82) is 0 Å².